The molecule has 0 spiro atoms. The van der Waals surface area contributed by atoms with Crippen molar-refractivity contribution in [3.8, 4) is 11.5 Å². The Balaban J connectivity index is 1.05. The molecular weight excluding hydrogens is 442 g/mol. The molecule has 5 rings (SSSR count). The molecule has 0 aliphatic carbocycles. The Hall–Kier alpha value is -2.85. The molecule has 0 radical (unpaired) electrons. The van der Waals surface area contributed by atoms with Crippen LogP contribution in [0.3, 0.4) is 0 Å². The summed E-state index contributed by atoms with van der Waals surface area (Å²) in [5.41, 5.74) is 1.69. The number of piperazine rings is 1. The summed E-state index contributed by atoms with van der Waals surface area (Å²) in [5, 5.41) is 5.65. The fraction of sp³-hybridized carbons (Fsp3) is 0.522. The van der Waals surface area contributed by atoms with E-state index in [4.69, 9.17) is 9.47 Å². The van der Waals surface area contributed by atoms with Crippen molar-refractivity contribution < 1.29 is 19.1 Å². The molecule has 3 aliphatic rings. The van der Waals surface area contributed by atoms with E-state index < -0.39 is 0 Å². The SMILES string of the molecule is O=C(NCCCN1CCCC1=O)c1csc(N2CCN(Cc3ccc4c(c3)OCO4)CC2)n1. The van der Waals surface area contributed by atoms with Crippen molar-refractivity contribution in [2.45, 2.75) is 25.8 Å². The third-order valence-electron chi connectivity index (χ3n) is 6.27. The van der Waals surface area contributed by atoms with E-state index in [1.807, 2.05) is 16.3 Å². The summed E-state index contributed by atoms with van der Waals surface area (Å²) < 4.78 is 10.9. The zero-order valence-electron chi connectivity index (χ0n) is 18.6. The number of rotatable bonds is 8. The van der Waals surface area contributed by atoms with Gasteiger partial charge < -0.3 is 24.6 Å². The van der Waals surface area contributed by atoms with Crippen LogP contribution in [0, 0.1) is 0 Å². The zero-order chi connectivity index (χ0) is 22.6. The third-order valence-corrected chi connectivity index (χ3v) is 7.17. The van der Waals surface area contributed by atoms with Gasteiger partial charge in [-0.1, -0.05) is 6.07 Å². The number of hydrogen-bond acceptors (Lipinski definition) is 8. The number of benzene rings is 1. The maximum absolute atomic E-state index is 12.4. The second-order valence-corrected chi connectivity index (χ2v) is 9.40. The van der Waals surface area contributed by atoms with Gasteiger partial charge in [-0.3, -0.25) is 14.5 Å². The lowest BCUT2D eigenvalue weighted by Crippen LogP contribution is -2.46. The number of hydrogen-bond donors (Lipinski definition) is 1. The maximum Gasteiger partial charge on any atom is 0.270 e. The molecular formula is C23H29N5O4S. The van der Waals surface area contributed by atoms with Crippen LogP contribution in [0.1, 0.15) is 35.3 Å². The van der Waals surface area contributed by atoms with Crippen LogP contribution in [-0.4, -0.2) is 79.2 Å². The second kappa shape index (κ2) is 9.96. The first-order valence-corrected chi connectivity index (χ1v) is 12.4. The number of ether oxygens (including phenoxy) is 2. The fourth-order valence-electron chi connectivity index (χ4n) is 4.41. The van der Waals surface area contributed by atoms with Gasteiger partial charge in [-0.25, -0.2) is 4.98 Å². The van der Waals surface area contributed by atoms with Crippen LogP contribution in [0.5, 0.6) is 11.5 Å². The van der Waals surface area contributed by atoms with Crippen molar-refractivity contribution >= 4 is 28.3 Å². The summed E-state index contributed by atoms with van der Waals surface area (Å²) in [4.78, 5) is 35.2. The van der Waals surface area contributed by atoms with Gasteiger partial charge in [-0.2, -0.15) is 0 Å². The molecule has 0 saturated carbocycles. The van der Waals surface area contributed by atoms with Gasteiger partial charge in [0.2, 0.25) is 12.7 Å². The maximum atomic E-state index is 12.4. The number of thiazole rings is 1. The average molecular weight is 472 g/mol. The van der Waals surface area contributed by atoms with Crippen LogP contribution in [0.15, 0.2) is 23.6 Å². The Labute approximate surface area is 197 Å². The highest BCUT2D eigenvalue weighted by Crippen LogP contribution is 2.33. The predicted molar refractivity (Wildman–Crippen MR) is 125 cm³/mol. The van der Waals surface area contributed by atoms with Gasteiger partial charge in [0.25, 0.3) is 5.91 Å². The van der Waals surface area contributed by atoms with Gasteiger partial charge in [-0.15, -0.1) is 11.3 Å². The Morgan fingerprint density at radius 1 is 1.12 bits per heavy atom. The monoisotopic (exact) mass is 471 g/mol. The van der Waals surface area contributed by atoms with Gasteiger partial charge in [-0.05, 0) is 30.5 Å². The zero-order valence-corrected chi connectivity index (χ0v) is 19.4. The number of fused-ring (bicyclic) bond motifs is 1. The molecule has 0 bridgehead atoms. The normalized spacial score (nSPS) is 18.2. The molecule has 1 N–H and O–H groups in total. The minimum absolute atomic E-state index is 0.147. The van der Waals surface area contributed by atoms with Crippen LogP contribution < -0.4 is 19.7 Å². The van der Waals surface area contributed by atoms with Crippen molar-refractivity contribution in [2.75, 3.05) is 57.5 Å². The number of likely N-dealkylation sites (tertiary alicyclic amines) is 1. The molecule has 33 heavy (non-hydrogen) atoms. The highest BCUT2D eigenvalue weighted by Gasteiger charge is 2.22. The van der Waals surface area contributed by atoms with Gasteiger partial charge in [0.1, 0.15) is 5.69 Å². The molecule has 3 aliphatic heterocycles. The first-order chi connectivity index (χ1) is 16.2. The second-order valence-electron chi connectivity index (χ2n) is 8.56. The van der Waals surface area contributed by atoms with E-state index in [9.17, 15) is 9.59 Å². The van der Waals surface area contributed by atoms with Crippen LogP contribution in [0.4, 0.5) is 5.13 Å². The van der Waals surface area contributed by atoms with Crippen LogP contribution >= 0.6 is 11.3 Å². The summed E-state index contributed by atoms with van der Waals surface area (Å²) in [6.07, 6.45) is 2.36. The van der Waals surface area contributed by atoms with Crippen molar-refractivity contribution in [1.82, 2.24) is 20.1 Å². The minimum atomic E-state index is -0.147. The number of amides is 2. The van der Waals surface area contributed by atoms with E-state index in [1.54, 1.807) is 0 Å². The Kier molecular flexibility index (Phi) is 6.63. The lowest BCUT2D eigenvalue weighted by atomic mass is 10.1. The van der Waals surface area contributed by atoms with Crippen LogP contribution in [0.2, 0.25) is 0 Å². The van der Waals surface area contributed by atoms with Crippen molar-refractivity contribution in [2.24, 2.45) is 0 Å². The molecule has 0 atom stereocenters. The van der Waals surface area contributed by atoms with Crippen LogP contribution in [0.25, 0.3) is 0 Å². The summed E-state index contributed by atoms with van der Waals surface area (Å²) in [7, 11) is 0. The summed E-state index contributed by atoms with van der Waals surface area (Å²) in [6, 6.07) is 6.13. The summed E-state index contributed by atoms with van der Waals surface area (Å²) in [5.74, 6) is 1.71. The van der Waals surface area contributed by atoms with E-state index in [-0.39, 0.29) is 11.8 Å². The van der Waals surface area contributed by atoms with E-state index in [1.165, 1.54) is 16.9 Å². The molecule has 9 nitrogen and oxygen atoms in total. The lowest BCUT2D eigenvalue weighted by molar-refractivity contribution is -0.127. The van der Waals surface area contributed by atoms with E-state index in [0.717, 1.165) is 68.7 Å². The van der Waals surface area contributed by atoms with Crippen molar-refractivity contribution in [1.29, 1.82) is 0 Å². The number of nitrogens with one attached hydrogen (secondary N) is 1. The van der Waals surface area contributed by atoms with Crippen molar-refractivity contribution in [3.05, 3.63) is 34.8 Å². The number of nitrogens with zero attached hydrogens (tertiary/aromatic N) is 4. The number of aromatic nitrogens is 1. The van der Waals surface area contributed by atoms with E-state index in [0.29, 0.717) is 32.0 Å². The lowest BCUT2D eigenvalue weighted by Gasteiger charge is -2.34. The van der Waals surface area contributed by atoms with Crippen LogP contribution in [-0.2, 0) is 11.3 Å². The number of carbonyl (C=O) groups excluding carboxylic acids is 2. The quantitative estimate of drug-likeness (QED) is 0.589. The molecule has 1 aromatic carbocycles. The smallest absolute Gasteiger partial charge is 0.270 e. The highest BCUT2D eigenvalue weighted by molar-refractivity contribution is 7.13. The summed E-state index contributed by atoms with van der Waals surface area (Å²) >= 11 is 1.52. The van der Waals surface area contributed by atoms with Gasteiger partial charge in [0.05, 0.1) is 0 Å². The largest absolute Gasteiger partial charge is 0.454 e. The number of carbonyl (C=O) groups is 2. The molecule has 2 fully saturated rings. The molecule has 176 valence electrons. The fourth-order valence-corrected chi connectivity index (χ4v) is 5.27. The molecule has 2 aromatic rings. The molecule has 2 saturated heterocycles. The van der Waals surface area contributed by atoms with Gasteiger partial charge in [0, 0.05) is 64.2 Å². The molecule has 0 unspecified atom stereocenters. The molecule has 4 heterocycles. The topological polar surface area (TPSA) is 87.2 Å². The van der Waals surface area contributed by atoms with Gasteiger partial charge >= 0.3 is 0 Å². The standard InChI is InChI=1S/C23H29N5O4S/c29-21-3-1-7-27(21)8-2-6-24-22(30)18-15-33-23(25-18)28-11-9-26(10-12-28)14-17-4-5-19-20(13-17)32-16-31-19/h4-5,13,15H,1-3,6-12,14,16H2,(H,24,30). The number of anilines is 1. The van der Waals surface area contributed by atoms with Crippen molar-refractivity contribution in [3.63, 3.8) is 0 Å². The minimum Gasteiger partial charge on any atom is -0.454 e. The highest BCUT2D eigenvalue weighted by atomic mass is 32.1. The molecule has 2 amide bonds. The van der Waals surface area contributed by atoms with Gasteiger partial charge in [0.15, 0.2) is 16.6 Å². The molecule has 10 heteroatoms. The Morgan fingerprint density at radius 2 is 1.97 bits per heavy atom. The predicted octanol–water partition coefficient (Wildman–Crippen LogP) is 1.94. The Morgan fingerprint density at radius 3 is 2.79 bits per heavy atom. The first kappa shape index (κ1) is 22.0. The third kappa shape index (κ3) is 5.22. The first-order valence-electron chi connectivity index (χ1n) is 11.5. The molecule has 1 aromatic heterocycles. The average Bonchev–Trinajstić information content (AvgIpc) is 3.58. The summed E-state index contributed by atoms with van der Waals surface area (Å²) in [6.45, 7) is 6.89. The van der Waals surface area contributed by atoms with E-state index >= 15 is 0 Å². The Bertz CT molecular complexity index is 1000. The van der Waals surface area contributed by atoms with E-state index in [2.05, 4.69) is 32.2 Å².